The van der Waals surface area contributed by atoms with Gasteiger partial charge < -0.3 is 10.6 Å². The van der Waals surface area contributed by atoms with Gasteiger partial charge in [0, 0.05) is 21.6 Å². The maximum Gasteiger partial charge on any atom is 0.135 e. The maximum atomic E-state index is 4.19. The molecule has 0 fully saturated rings. The van der Waals surface area contributed by atoms with Gasteiger partial charge in [0.05, 0.1) is 5.69 Å². The van der Waals surface area contributed by atoms with E-state index < -0.39 is 0 Å². The second-order valence-corrected chi connectivity index (χ2v) is 5.34. The molecule has 0 atom stereocenters. The summed E-state index contributed by atoms with van der Waals surface area (Å²) < 4.78 is 2.00. The van der Waals surface area contributed by atoms with Gasteiger partial charge in [-0.2, -0.15) is 0 Å². The summed E-state index contributed by atoms with van der Waals surface area (Å²) in [7, 11) is 0. The molecule has 1 aromatic carbocycles. The van der Waals surface area contributed by atoms with E-state index in [4.69, 9.17) is 0 Å². The third-order valence-electron chi connectivity index (χ3n) is 2.22. The number of nitrogens with zero attached hydrogens (tertiary/aromatic N) is 2. The van der Waals surface area contributed by atoms with Crippen molar-refractivity contribution in [2.24, 2.45) is 0 Å². The minimum absolute atomic E-state index is 0.754. The molecule has 0 aliphatic rings. The fourth-order valence-electron chi connectivity index (χ4n) is 1.43. The maximum absolute atomic E-state index is 4.19. The van der Waals surface area contributed by atoms with Gasteiger partial charge >= 0.3 is 0 Å². The van der Waals surface area contributed by atoms with Crippen LogP contribution in [-0.4, -0.2) is 16.5 Å². The van der Waals surface area contributed by atoms with E-state index in [-0.39, 0.29) is 0 Å². The third kappa shape index (κ3) is 3.43. The first-order valence-electron chi connectivity index (χ1n) is 5.47. The molecule has 0 unspecified atom stereocenters. The van der Waals surface area contributed by atoms with Crippen molar-refractivity contribution in [2.75, 3.05) is 17.2 Å². The lowest BCUT2D eigenvalue weighted by Gasteiger charge is -2.09. The Morgan fingerprint density at radius 1 is 1.11 bits per heavy atom. The molecule has 4 nitrogen and oxygen atoms in total. The first-order chi connectivity index (χ1) is 8.69. The minimum Gasteiger partial charge on any atom is -0.370 e. The van der Waals surface area contributed by atoms with Crippen LogP contribution in [0.1, 0.15) is 6.92 Å². The Labute approximate surface area is 122 Å². The Morgan fingerprint density at radius 2 is 1.89 bits per heavy atom. The highest BCUT2D eigenvalue weighted by atomic mass is 79.9. The molecule has 0 radical (unpaired) electrons. The van der Waals surface area contributed by atoms with Crippen LogP contribution in [0.5, 0.6) is 0 Å². The molecule has 1 heterocycles. The third-order valence-corrected chi connectivity index (χ3v) is 3.37. The highest BCUT2D eigenvalue weighted by molar-refractivity contribution is 9.11. The molecule has 1 aromatic heterocycles. The van der Waals surface area contributed by atoms with Gasteiger partial charge in [-0.05, 0) is 41.1 Å². The van der Waals surface area contributed by atoms with Crippen LogP contribution in [0.4, 0.5) is 17.3 Å². The molecular weight excluding hydrogens is 360 g/mol. The lowest BCUT2D eigenvalue weighted by molar-refractivity contribution is 1.11. The number of halogens is 2. The van der Waals surface area contributed by atoms with Gasteiger partial charge in [0.2, 0.25) is 0 Å². The number of hydrogen-bond donors (Lipinski definition) is 2. The summed E-state index contributed by atoms with van der Waals surface area (Å²) in [4.78, 5) is 8.31. The van der Waals surface area contributed by atoms with Gasteiger partial charge in [0.25, 0.3) is 0 Å². The molecule has 2 rings (SSSR count). The molecule has 6 heteroatoms. The predicted molar refractivity (Wildman–Crippen MR) is 81.3 cm³/mol. The number of benzene rings is 1. The van der Waals surface area contributed by atoms with Crippen LogP contribution in [-0.2, 0) is 0 Å². The monoisotopic (exact) mass is 370 g/mol. The van der Waals surface area contributed by atoms with Crippen LogP contribution in [0.15, 0.2) is 39.5 Å². The lowest BCUT2D eigenvalue weighted by Crippen LogP contribution is -2.01. The molecule has 0 bridgehead atoms. The molecule has 2 aromatic rings. The molecule has 0 aliphatic heterocycles. The van der Waals surface area contributed by atoms with Crippen molar-refractivity contribution >= 4 is 49.2 Å². The van der Waals surface area contributed by atoms with Gasteiger partial charge in [0.15, 0.2) is 0 Å². The van der Waals surface area contributed by atoms with Crippen LogP contribution >= 0.6 is 31.9 Å². The Hall–Kier alpha value is -1.14. The number of rotatable bonds is 4. The summed E-state index contributed by atoms with van der Waals surface area (Å²) in [5.41, 5.74) is 0.958. The largest absolute Gasteiger partial charge is 0.370 e. The molecule has 2 N–H and O–H groups in total. The van der Waals surface area contributed by atoms with Crippen LogP contribution in [0.2, 0.25) is 0 Å². The molecule has 0 saturated carbocycles. The van der Waals surface area contributed by atoms with Crippen molar-refractivity contribution in [3.63, 3.8) is 0 Å². The predicted octanol–water partition coefficient (Wildman–Crippen LogP) is 4.18. The van der Waals surface area contributed by atoms with Crippen LogP contribution in [0.3, 0.4) is 0 Å². The van der Waals surface area contributed by atoms with Crippen LogP contribution < -0.4 is 10.6 Å². The van der Waals surface area contributed by atoms with Crippen molar-refractivity contribution in [3.05, 3.63) is 39.5 Å². The highest BCUT2D eigenvalue weighted by Gasteiger charge is 2.03. The number of hydrogen-bond acceptors (Lipinski definition) is 4. The summed E-state index contributed by atoms with van der Waals surface area (Å²) in [5, 5.41) is 6.39. The zero-order chi connectivity index (χ0) is 13.0. The molecule has 0 spiro atoms. The van der Waals surface area contributed by atoms with E-state index in [1.165, 1.54) is 6.33 Å². The van der Waals surface area contributed by atoms with Crippen molar-refractivity contribution in [2.45, 2.75) is 6.92 Å². The van der Waals surface area contributed by atoms with Gasteiger partial charge in [-0.15, -0.1) is 0 Å². The molecule has 0 amide bonds. The summed E-state index contributed by atoms with van der Waals surface area (Å²) in [6.07, 6.45) is 1.53. The minimum atomic E-state index is 0.754. The van der Waals surface area contributed by atoms with E-state index in [9.17, 15) is 0 Å². The van der Waals surface area contributed by atoms with E-state index in [0.29, 0.717) is 0 Å². The molecule has 18 heavy (non-hydrogen) atoms. The second-order valence-electron chi connectivity index (χ2n) is 3.57. The van der Waals surface area contributed by atoms with E-state index in [2.05, 4.69) is 52.5 Å². The Kier molecular flexibility index (Phi) is 4.54. The van der Waals surface area contributed by atoms with Gasteiger partial charge in [-0.3, -0.25) is 0 Å². The zero-order valence-electron chi connectivity index (χ0n) is 9.74. The summed E-state index contributed by atoms with van der Waals surface area (Å²) in [6, 6.07) is 7.80. The molecule has 0 saturated heterocycles. The van der Waals surface area contributed by atoms with Crippen LogP contribution in [0.25, 0.3) is 0 Å². The summed E-state index contributed by atoms with van der Waals surface area (Å²) in [6.45, 7) is 2.86. The first kappa shape index (κ1) is 13.3. The van der Waals surface area contributed by atoms with E-state index >= 15 is 0 Å². The lowest BCUT2D eigenvalue weighted by atomic mass is 10.3. The standard InChI is InChI=1S/C12H12Br2N4/c1-2-15-11-6-12(17-7-16-11)18-10-4-3-8(13)5-9(10)14/h3-7H,2H2,1H3,(H2,15,16,17,18). The second kappa shape index (κ2) is 6.15. The van der Waals surface area contributed by atoms with E-state index in [1.807, 2.05) is 31.2 Å². The quantitative estimate of drug-likeness (QED) is 0.846. The van der Waals surface area contributed by atoms with Gasteiger partial charge in [-0.25, -0.2) is 9.97 Å². The average molecular weight is 372 g/mol. The number of anilines is 3. The number of nitrogens with one attached hydrogen (secondary N) is 2. The Bertz CT molecular complexity index is 545. The van der Waals surface area contributed by atoms with Gasteiger partial charge in [-0.1, -0.05) is 15.9 Å². The SMILES string of the molecule is CCNc1cc(Nc2ccc(Br)cc2Br)ncn1. The molecule has 94 valence electrons. The Morgan fingerprint density at radius 3 is 2.61 bits per heavy atom. The van der Waals surface area contributed by atoms with Crippen molar-refractivity contribution in [3.8, 4) is 0 Å². The van der Waals surface area contributed by atoms with E-state index in [0.717, 1.165) is 32.8 Å². The fraction of sp³-hybridized carbons (Fsp3) is 0.167. The topological polar surface area (TPSA) is 49.8 Å². The average Bonchev–Trinajstić information content (AvgIpc) is 2.34. The molecule has 0 aliphatic carbocycles. The molecular formula is C12H12Br2N4. The van der Waals surface area contributed by atoms with Crippen molar-refractivity contribution < 1.29 is 0 Å². The van der Waals surface area contributed by atoms with Crippen molar-refractivity contribution in [1.82, 2.24) is 9.97 Å². The Balaban J connectivity index is 2.20. The van der Waals surface area contributed by atoms with Crippen molar-refractivity contribution in [1.29, 1.82) is 0 Å². The van der Waals surface area contributed by atoms with Crippen LogP contribution in [0, 0.1) is 0 Å². The fourth-order valence-corrected chi connectivity index (χ4v) is 2.58. The van der Waals surface area contributed by atoms with Gasteiger partial charge in [0.1, 0.15) is 18.0 Å². The smallest absolute Gasteiger partial charge is 0.135 e. The summed E-state index contributed by atoms with van der Waals surface area (Å²) >= 11 is 6.92. The number of aromatic nitrogens is 2. The summed E-state index contributed by atoms with van der Waals surface area (Å²) in [5.74, 6) is 1.56. The first-order valence-corrected chi connectivity index (χ1v) is 7.05. The zero-order valence-corrected chi connectivity index (χ0v) is 12.9. The normalized spacial score (nSPS) is 10.2. The van der Waals surface area contributed by atoms with E-state index in [1.54, 1.807) is 0 Å². The highest BCUT2D eigenvalue weighted by Crippen LogP contribution is 2.28.